The molecule has 3 aliphatic heterocycles. The van der Waals surface area contributed by atoms with Gasteiger partial charge in [-0.15, -0.1) is 0 Å². The van der Waals surface area contributed by atoms with Crippen LogP contribution in [0.5, 0.6) is 0 Å². The molecule has 4 rings (SSSR count). The van der Waals surface area contributed by atoms with Gasteiger partial charge in [-0.1, -0.05) is 12.1 Å². The van der Waals surface area contributed by atoms with E-state index in [-0.39, 0.29) is 18.7 Å². The summed E-state index contributed by atoms with van der Waals surface area (Å²) in [5.41, 5.74) is 1.56. The number of nitrogens with zero attached hydrogens (tertiary/aromatic N) is 2. The highest BCUT2D eigenvalue weighted by molar-refractivity contribution is 6.24. The summed E-state index contributed by atoms with van der Waals surface area (Å²) in [5, 5.41) is 5.43. The van der Waals surface area contributed by atoms with Gasteiger partial charge in [0.2, 0.25) is 11.8 Å². The van der Waals surface area contributed by atoms with Crippen molar-refractivity contribution < 1.29 is 19.2 Å². The number of benzene rings is 1. The monoisotopic (exact) mass is 384 g/mol. The number of piperidine rings is 1. The van der Waals surface area contributed by atoms with Crippen LogP contribution in [-0.4, -0.2) is 66.2 Å². The number of fused-ring (bicyclic) bond motifs is 1. The van der Waals surface area contributed by atoms with E-state index < -0.39 is 23.8 Å². The maximum atomic E-state index is 13.1. The lowest BCUT2D eigenvalue weighted by atomic mass is 10.0. The van der Waals surface area contributed by atoms with Crippen LogP contribution in [0, 0.1) is 5.92 Å². The quantitative estimate of drug-likeness (QED) is 0.700. The van der Waals surface area contributed by atoms with Crippen LogP contribution in [-0.2, 0) is 16.1 Å². The first kappa shape index (κ1) is 18.8. The van der Waals surface area contributed by atoms with Crippen molar-refractivity contribution in [2.45, 2.75) is 31.8 Å². The molecule has 0 bridgehead atoms. The summed E-state index contributed by atoms with van der Waals surface area (Å²) in [6.45, 7) is 3.47. The van der Waals surface area contributed by atoms with Crippen molar-refractivity contribution >= 4 is 23.6 Å². The van der Waals surface area contributed by atoms with E-state index in [1.165, 1.54) is 0 Å². The van der Waals surface area contributed by atoms with Crippen LogP contribution in [0.25, 0.3) is 0 Å². The SMILES string of the molecule is CNCC1CCN(Cc2cccc3c2C(=O)N(C2CCC(=O)NC2=O)C3=O)C1. The summed E-state index contributed by atoms with van der Waals surface area (Å²) in [5.74, 6) is -1.26. The molecule has 1 aromatic carbocycles. The first-order valence-corrected chi connectivity index (χ1v) is 9.70. The van der Waals surface area contributed by atoms with Crippen LogP contribution < -0.4 is 10.6 Å². The molecular formula is C20H24N4O4. The lowest BCUT2D eigenvalue weighted by Gasteiger charge is -2.28. The minimum atomic E-state index is -0.926. The Balaban J connectivity index is 1.56. The molecule has 2 N–H and O–H groups in total. The third-order valence-corrected chi connectivity index (χ3v) is 5.81. The van der Waals surface area contributed by atoms with Crippen molar-refractivity contribution in [1.82, 2.24) is 20.4 Å². The van der Waals surface area contributed by atoms with Crippen molar-refractivity contribution in [2.75, 3.05) is 26.7 Å². The molecule has 2 saturated heterocycles. The second-order valence-corrected chi connectivity index (χ2v) is 7.73. The van der Waals surface area contributed by atoms with E-state index >= 15 is 0 Å². The van der Waals surface area contributed by atoms with Gasteiger partial charge in [0, 0.05) is 19.5 Å². The fourth-order valence-electron chi connectivity index (χ4n) is 4.47. The second kappa shape index (κ2) is 7.44. The predicted molar refractivity (Wildman–Crippen MR) is 100 cm³/mol. The van der Waals surface area contributed by atoms with Gasteiger partial charge in [-0.2, -0.15) is 0 Å². The van der Waals surface area contributed by atoms with E-state index in [2.05, 4.69) is 15.5 Å². The van der Waals surface area contributed by atoms with Crippen LogP contribution in [0.2, 0.25) is 0 Å². The van der Waals surface area contributed by atoms with Gasteiger partial charge in [-0.25, -0.2) is 0 Å². The van der Waals surface area contributed by atoms with Gasteiger partial charge in [-0.3, -0.25) is 34.3 Å². The largest absolute Gasteiger partial charge is 0.319 e. The molecule has 2 unspecified atom stereocenters. The maximum Gasteiger partial charge on any atom is 0.262 e. The number of likely N-dealkylation sites (tertiary alicyclic amines) is 1. The molecular weight excluding hydrogens is 360 g/mol. The highest BCUT2D eigenvalue weighted by atomic mass is 16.2. The average Bonchev–Trinajstić information content (AvgIpc) is 3.20. The molecule has 0 saturated carbocycles. The molecule has 3 aliphatic rings. The normalized spacial score (nSPS) is 25.4. The van der Waals surface area contributed by atoms with Gasteiger partial charge in [0.1, 0.15) is 6.04 Å². The molecule has 0 aromatic heterocycles. The molecule has 3 heterocycles. The van der Waals surface area contributed by atoms with Gasteiger partial charge in [0.05, 0.1) is 11.1 Å². The van der Waals surface area contributed by atoms with Crippen LogP contribution in [0.3, 0.4) is 0 Å². The Labute approximate surface area is 163 Å². The highest BCUT2D eigenvalue weighted by Crippen LogP contribution is 2.31. The minimum absolute atomic E-state index is 0.122. The van der Waals surface area contributed by atoms with E-state index in [0.717, 1.165) is 36.5 Å². The van der Waals surface area contributed by atoms with Crippen molar-refractivity contribution in [3.05, 3.63) is 34.9 Å². The summed E-state index contributed by atoms with van der Waals surface area (Å²) in [6, 6.07) is 4.38. The van der Waals surface area contributed by atoms with E-state index in [4.69, 9.17) is 0 Å². The van der Waals surface area contributed by atoms with Gasteiger partial charge in [0.15, 0.2) is 0 Å². The topological polar surface area (TPSA) is 98.8 Å². The maximum absolute atomic E-state index is 13.1. The molecule has 0 radical (unpaired) electrons. The Morgan fingerprint density at radius 1 is 1.14 bits per heavy atom. The van der Waals surface area contributed by atoms with Crippen molar-refractivity contribution in [3.8, 4) is 0 Å². The lowest BCUT2D eigenvalue weighted by molar-refractivity contribution is -0.136. The van der Waals surface area contributed by atoms with Gasteiger partial charge in [0.25, 0.3) is 11.8 Å². The fourth-order valence-corrected chi connectivity index (χ4v) is 4.47. The molecule has 8 heteroatoms. The van der Waals surface area contributed by atoms with Crippen molar-refractivity contribution in [2.24, 2.45) is 5.92 Å². The summed E-state index contributed by atoms with van der Waals surface area (Å²) in [6.07, 6.45) is 1.39. The standard InChI is InChI=1S/C20H24N4O4/c1-21-9-12-7-8-23(10-12)11-13-3-2-4-14-17(13)20(28)24(19(14)27)15-5-6-16(25)22-18(15)26/h2-4,12,15,21H,5-11H2,1H3,(H,22,25,26). The van der Waals surface area contributed by atoms with Crippen LogP contribution in [0.15, 0.2) is 18.2 Å². The summed E-state index contributed by atoms with van der Waals surface area (Å²) < 4.78 is 0. The Kier molecular flexibility index (Phi) is 4.99. The molecule has 0 aliphatic carbocycles. The van der Waals surface area contributed by atoms with Crippen LogP contribution >= 0.6 is 0 Å². The Morgan fingerprint density at radius 2 is 1.96 bits per heavy atom. The second-order valence-electron chi connectivity index (χ2n) is 7.73. The van der Waals surface area contributed by atoms with Gasteiger partial charge < -0.3 is 5.32 Å². The highest BCUT2D eigenvalue weighted by Gasteiger charge is 2.45. The molecule has 2 fully saturated rings. The number of nitrogens with one attached hydrogen (secondary N) is 2. The molecule has 2 atom stereocenters. The van der Waals surface area contributed by atoms with E-state index in [1.54, 1.807) is 12.1 Å². The number of rotatable bonds is 5. The molecule has 0 spiro atoms. The number of hydrogen-bond acceptors (Lipinski definition) is 6. The summed E-state index contributed by atoms with van der Waals surface area (Å²) in [4.78, 5) is 52.9. The van der Waals surface area contributed by atoms with E-state index in [9.17, 15) is 19.2 Å². The average molecular weight is 384 g/mol. The molecule has 28 heavy (non-hydrogen) atoms. The van der Waals surface area contributed by atoms with E-state index in [1.807, 2.05) is 13.1 Å². The molecule has 148 valence electrons. The van der Waals surface area contributed by atoms with Gasteiger partial charge >= 0.3 is 0 Å². The molecule has 1 aromatic rings. The van der Waals surface area contributed by atoms with Crippen LogP contribution in [0.1, 0.15) is 45.5 Å². The fraction of sp³-hybridized carbons (Fsp3) is 0.500. The number of carbonyl (C=O) groups excluding carboxylic acids is 4. The zero-order valence-electron chi connectivity index (χ0n) is 15.9. The number of carbonyl (C=O) groups is 4. The Bertz CT molecular complexity index is 853. The van der Waals surface area contributed by atoms with Crippen molar-refractivity contribution in [3.63, 3.8) is 0 Å². The lowest BCUT2D eigenvalue weighted by Crippen LogP contribution is -2.54. The summed E-state index contributed by atoms with van der Waals surface area (Å²) >= 11 is 0. The number of imide groups is 2. The number of hydrogen-bond donors (Lipinski definition) is 2. The number of amides is 4. The molecule has 4 amide bonds. The minimum Gasteiger partial charge on any atom is -0.319 e. The zero-order chi connectivity index (χ0) is 19.8. The first-order chi connectivity index (χ1) is 13.5. The molecule has 8 nitrogen and oxygen atoms in total. The predicted octanol–water partition coefficient (Wildman–Crippen LogP) is 0.129. The van der Waals surface area contributed by atoms with Crippen LogP contribution in [0.4, 0.5) is 0 Å². The Morgan fingerprint density at radius 3 is 2.71 bits per heavy atom. The third-order valence-electron chi connectivity index (χ3n) is 5.81. The summed E-state index contributed by atoms with van der Waals surface area (Å²) in [7, 11) is 1.95. The van der Waals surface area contributed by atoms with Crippen molar-refractivity contribution in [1.29, 1.82) is 0 Å². The zero-order valence-corrected chi connectivity index (χ0v) is 15.9. The van der Waals surface area contributed by atoms with Gasteiger partial charge in [-0.05, 0) is 50.5 Å². The third kappa shape index (κ3) is 3.22. The van der Waals surface area contributed by atoms with E-state index in [0.29, 0.717) is 23.6 Å². The smallest absolute Gasteiger partial charge is 0.262 e. The first-order valence-electron chi connectivity index (χ1n) is 9.70. The Hall–Kier alpha value is -2.58.